The monoisotopic (exact) mass is 432 g/mol. The summed E-state index contributed by atoms with van der Waals surface area (Å²) >= 11 is 0. The molecule has 0 spiro atoms. The van der Waals surface area contributed by atoms with E-state index < -0.39 is 10.0 Å². The second-order valence-corrected chi connectivity index (χ2v) is 8.50. The molecule has 0 unspecified atom stereocenters. The van der Waals surface area contributed by atoms with Crippen molar-refractivity contribution in [2.75, 3.05) is 25.1 Å². The van der Waals surface area contributed by atoms with Crippen LogP contribution in [0.3, 0.4) is 0 Å². The van der Waals surface area contributed by atoms with Gasteiger partial charge in [0.2, 0.25) is 15.9 Å². The van der Waals surface area contributed by atoms with Crippen molar-refractivity contribution in [2.45, 2.75) is 23.8 Å². The van der Waals surface area contributed by atoms with Gasteiger partial charge in [0.05, 0.1) is 18.0 Å². The maximum Gasteiger partial charge on any atom is 0.315 e. The van der Waals surface area contributed by atoms with Gasteiger partial charge in [-0.05, 0) is 48.4 Å². The number of primary sulfonamides is 1. The number of ether oxygens (including phenoxy) is 1. The number of hydrogen-bond acceptors (Lipinski definition) is 5. The number of carbonyl (C=O) groups is 2. The van der Waals surface area contributed by atoms with Gasteiger partial charge in [0, 0.05) is 25.2 Å². The number of anilines is 1. The molecular formula is C20H24N4O5S. The Kier molecular flexibility index (Phi) is 6.58. The van der Waals surface area contributed by atoms with Crippen molar-refractivity contribution in [3.63, 3.8) is 0 Å². The third-order valence-electron chi connectivity index (χ3n) is 4.80. The zero-order valence-electron chi connectivity index (χ0n) is 16.5. The van der Waals surface area contributed by atoms with Gasteiger partial charge in [0.25, 0.3) is 0 Å². The lowest BCUT2D eigenvalue weighted by molar-refractivity contribution is -0.117. The average molecular weight is 433 g/mol. The molecule has 1 atom stereocenters. The highest BCUT2D eigenvalue weighted by molar-refractivity contribution is 7.89. The first-order valence-corrected chi connectivity index (χ1v) is 10.9. The molecule has 10 heteroatoms. The summed E-state index contributed by atoms with van der Waals surface area (Å²) in [5, 5.41) is 10.6. The molecule has 4 N–H and O–H groups in total. The zero-order chi connectivity index (χ0) is 21.7. The first-order chi connectivity index (χ1) is 14.3. The highest BCUT2D eigenvalue weighted by Gasteiger charge is 2.31. The first-order valence-electron chi connectivity index (χ1n) is 9.37. The minimum Gasteiger partial charge on any atom is -0.497 e. The van der Waals surface area contributed by atoms with Crippen LogP contribution in [0.4, 0.5) is 10.5 Å². The van der Waals surface area contributed by atoms with Gasteiger partial charge >= 0.3 is 6.03 Å². The molecule has 0 radical (unpaired) electrons. The lowest BCUT2D eigenvalue weighted by Gasteiger charge is -2.17. The number of carbonyl (C=O) groups excluding carboxylic acids is 2. The Labute approximate surface area is 175 Å². The SMILES string of the molecule is COc1ccc(N2C[C@@H](NC(=O)NCCc3ccc(S(N)(=O)=O)cc3)CC2=O)cc1. The van der Waals surface area contributed by atoms with Crippen LogP contribution in [0.5, 0.6) is 5.75 Å². The Morgan fingerprint density at radius 3 is 2.43 bits per heavy atom. The molecule has 3 rings (SSSR count). The summed E-state index contributed by atoms with van der Waals surface area (Å²) in [7, 11) is -2.14. The maximum absolute atomic E-state index is 12.3. The summed E-state index contributed by atoms with van der Waals surface area (Å²) in [6, 6.07) is 12.7. The Balaban J connectivity index is 1.45. The number of nitrogens with two attached hydrogens (primary N) is 1. The molecule has 0 aliphatic carbocycles. The van der Waals surface area contributed by atoms with Crippen LogP contribution in [0.15, 0.2) is 53.4 Å². The fraction of sp³-hybridized carbons (Fsp3) is 0.300. The molecule has 1 saturated heterocycles. The van der Waals surface area contributed by atoms with Gasteiger partial charge in [-0.15, -0.1) is 0 Å². The van der Waals surface area contributed by atoms with Crippen LogP contribution in [-0.2, 0) is 21.2 Å². The van der Waals surface area contributed by atoms with Gasteiger partial charge in [0.1, 0.15) is 5.75 Å². The highest BCUT2D eigenvalue weighted by atomic mass is 32.2. The van der Waals surface area contributed by atoms with Crippen LogP contribution < -0.4 is 25.4 Å². The molecule has 30 heavy (non-hydrogen) atoms. The van der Waals surface area contributed by atoms with Crippen molar-refractivity contribution in [3.8, 4) is 5.75 Å². The number of rotatable bonds is 7. The van der Waals surface area contributed by atoms with Gasteiger partial charge in [-0.1, -0.05) is 12.1 Å². The number of sulfonamides is 1. The molecule has 0 saturated carbocycles. The van der Waals surface area contributed by atoms with Crippen LogP contribution in [0, 0.1) is 0 Å². The normalized spacial score (nSPS) is 16.4. The van der Waals surface area contributed by atoms with E-state index >= 15 is 0 Å². The second-order valence-electron chi connectivity index (χ2n) is 6.94. The summed E-state index contributed by atoms with van der Waals surface area (Å²) in [6.45, 7) is 0.761. The van der Waals surface area contributed by atoms with Gasteiger partial charge < -0.3 is 20.3 Å². The van der Waals surface area contributed by atoms with Crippen molar-refractivity contribution in [1.29, 1.82) is 0 Å². The van der Waals surface area contributed by atoms with E-state index in [4.69, 9.17) is 9.88 Å². The van der Waals surface area contributed by atoms with Crippen LogP contribution >= 0.6 is 0 Å². The minimum atomic E-state index is -3.72. The van der Waals surface area contributed by atoms with Crippen molar-refractivity contribution < 1.29 is 22.7 Å². The molecule has 0 aromatic heterocycles. The van der Waals surface area contributed by atoms with Crippen LogP contribution in [0.1, 0.15) is 12.0 Å². The summed E-state index contributed by atoms with van der Waals surface area (Å²) in [5.41, 5.74) is 1.62. The predicted molar refractivity (Wildman–Crippen MR) is 112 cm³/mol. The Morgan fingerprint density at radius 1 is 1.17 bits per heavy atom. The molecule has 1 aliphatic heterocycles. The van der Waals surface area contributed by atoms with E-state index in [1.807, 2.05) is 0 Å². The minimum absolute atomic E-state index is 0.0456. The largest absolute Gasteiger partial charge is 0.497 e. The first kappa shape index (κ1) is 21.6. The molecule has 0 bridgehead atoms. The summed E-state index contributed by atoms with van der Waals surface area (Å²) in [4.78, 5) is 26.1. The van der Waals surface area contributed by atoms with Gasteiger partial charge in [-0.25, -0.2) is 18.4 Å². The van der Waals surface area contributed by atoms with E-state index in [0.717, 1.165) is 11.3 Å². The Bertz CT molecular complexity index is 1010. The quantitative estimate of drug-likeness (QED) is 0.601. The number of amides is 3. The lowest BCUT2D eigenvalue weighted by atomic mass is 10.1. The number of urea groups is 1. The molecule has 160 valence electrons. The van der Waals surface area contributed by atoms with Crippen molar-refractivity contribution in [1.82, 2.24) is 10.6 Å². The topological polar surface area (TPSA) is 131 Å². The van der Waals surface area contributed by atoms with Gasteiger partial charge in [0.15, 0.2) is 0 Å². The fourth-order valence-electron chi connectivity index (χ4n) is 3.22. The molecule has 1 heterocycles. The van der Waals surface area contributed by atoms with E-state index in [2.05, 4.69) is 10.6 Å². The van der Waals surface area contributed by atoms with Crippen LogP contribution in [0.25, 0.3) is 0 Å². The molecular weight excluding hydrogens is 408 g/mol. The smallest absolute Gasteiger partial charge is 0.315 e. The second kappa shape index (κ2) is 9.14. The van der Waals surface area contributed by atoms with Crippen molar-refractivity contribution in [3.05, 3.63) is 54.1 Å². The molecule has 9 nitrogen and oxygen atoms in total. The predicted octanol–water partition coefficient (Wildman–Crippen LogP) is 0.990. The van der Waals surface area contributed by atoms with E-state index in [-0.39, 0.29) is 29.3 Å². The number of methoxy groups -OCH3 is 1. The van der Waals surface area contributed by atoms with E-state index in [0.29, 0.717) is 25.3 Å². The lowest BCUT2D eigenvalue weighted by Crippen LogP contribution is -2.43. The van der Waals surface area contributed by atoms with E-state index in [1.165, 1.54) is 12.1 Å². The van der Waals surface area contributed by atoms with Gasteiger partial charge in [-0.3, -0.25) is 4.79 Å². The van der Waals surface area contributed by atoms with Crippen molar-refractivity contribution >= 4 is 27.6 Å². The van der Waals surface area contributed by atoms with E-state index in [9.17, 15) is 18.0 Å². The molecule has 3 amide bonds. The number of hydrogen-bond donors (Lipinski definition) is 3. The number of benzene rings is 2. The number of nitrogens with zero attached hydrogens (tertiary/aromatic N) is 1. The van der Waals surface area contributed by atoms with Crippen LogP contribution in [0.2, 0.25) is 0 Å². The molecule has 2 aromatic rings. The van der Waals surface area contributed by atoms with E-state index in [1.54, 1.807) is 48.4 Å². The number of nitrogens with one attached hydrogen (secondary N) is 2. The third-order valence-corrected chi connectivity index (χ3v) is 5.72. The Hall–Kier alpha value is -3.11. The standard InChI is InChI=1S/C20H24N4O5S/c1-29-17-6-4-16(5-7-17)24-13-15(12-19(24)25)23-20(26)22-11-10-14-2-8-18(9-3-14)30(21,27)28/h2-9,15H,10-13H2,1H3,(H2,21,27,28)(H2,22,23,26)/t15-/m0/s1. The third kappa shape index (κ3) is 5.49. The van der Waals surface area contributed by atoms with Crippen molar-refractivity contribution in [2.24, 2.45) is 5.14 Å². The molecule has 1 fully saturated rings. The summed E-state index contributed by atoms with van der Waals surface area (Å²) < 4.78 is 27.6. The zero-order valence-corrected chi connectivity index (χ0v) is 17.3. The Morgan fingerprint density at radius 2 is 1.83 bits per heavy atom. The van der Waals surface area contributed by atoms with Gasteiger partial charge in [-0.2, -0.15) is 0 Å². The fourth-order valence-corrected chi connectivity index (χ4v) is 3.73. The van der Waals surface area contributed by atoms with Crippen LogP contribution in [-0.4, -0.2) is 46.6 Å². The highest BCUT2D eigenvalue weighted by Crippen LogP contribution is 2.24. The summed E-state index contributed by atoms with van der Waals surface area (Å²) in [5.74, 6) is 0.652. The molecule has 1 aliphatic rings. The maximum atomic E-state index is 12.3. The summed E-state index contributed by atoms with van der Waals surface area (Å²) in [6.07, 6.45) is 0.758. The molecule has 2 aromatic carbocycles. The average Bonchev–Trinajstić information content (AvgIpc) is 3.07.